The number of rotatable bonds is 6. The third-order valence-corrected chi connectivity index (χ3v) is 3.70. The van der Waals surface area contributed by atoms with Crippen LogP contribution in [0.3, 0.4) is 0 Å². The van der Waals surface area contributed by atoms with Gasteiger partial charge in [-0.2, -0.15) is 0 Å². The Hall–Kier alpha value is -1.68. The zero-order valence-electron chi connectivity index (χ0n) is 12.7. The van der Waals surface area contributed by atoms with E-state index in [2.05, 4.69) is 33.7 Å². The third-order valence-electron chi connectivity index (χ3n) is 3.46. The van der Waals surface area contributed by atoms with Crippen molar-refractivity contribution in [1.82, 2.24) is 15.6 Å². The monoisotopic (exact) mass is 306 g/mol. The van der Waals surface area contributed by atoms with Gasteiger partial charge in [0.25, 0.3) is 0 Å². The van der Waals surface area contributed by atoms with E-state index in [1.54, 1.807) is 7.05 Å². The molecule has 0 aliphatic carbocycles. The molecule has 0 aliphatic rings. The minimum absolute atomic E-state index is 0.772. The van der Waals surface area contributed by atoms with Gasteiger partial charge in [-0.15, -0.1) is 0 Å². The molecule has 114 valence electrons. The van der Waals surface area contributed by atoms with Gasteiger partial charge in [0, 0.05) is 42.3 Å². The number of aromatic nitrogens is 1. The van der Waals surface area contributed by atoms with E-state index in [-0.39, 0.29) is 0 Å². The van der Waals surface area contributed by atoms with Crippen LogP contribution in [0.2, 0.25) is 5.02 Å². The molecule has 1 aromatic heterocycles. The van der Waals surface area contributed by atoms with Gasteiger partial charge in [-0.05, 0) is 36.6 Å². The number of benzene rings is 1. The first-order valence-corrected chi connectivity index (χ1v) is 7.82. The second kappa shape index (κ2) is 7.93. The highest BCUT2D eigenvalue weighted by molar-refractivity contribution is 6.31. The molecular weight excluding hydrogens is 284 g/mol. The van der Waals surface area contributed by atoms with Crippen molar-refractivity contribution in [2.75, 3.05) is 20.1 Å². The Morgan fingerprint density at radius 1 is 1.29 bits per heavy atom. The molecule has 0 fully saturated rings. The summed E-state index contributed by atoms with van der Waals surface area (Å²) in [7, 11) is 1.80. The molecule has 5 heteroatoms. The Morgan fingerprint density at radius 2 is 2.10 bits per heavy atom. The molecule has 3 N–H and O–H groups in total. The third kappa shape index (κ3) is 4.39. The van der Waals surface area contributed by atoms with E-state index in [0.717, 1.165) is 42.4 Å². The summed E-state index contributed by atoms with van der Waals surface area (Å²) in [6, 6.07) is 5.93. The molecule has 0 atom stereocenters. The summed E-state index contributed by atoms with van der Waals surface area (Å²) in [4.78, 5) is 7.50. The molecule has 0 radical (unpaired) electrons. The Bertz CT molecular complexity index is 603. The average Bonchev–Trinajstić information content (AvgIpc) is 2.88. The summed E-state index contributed by atoms with van der Waals surface area (Å²) in [6.45, 7) is 3.98. The van der Waals surface area contributed by atoms with Crippen molar-refractivity contribution in [1.29, 1.82) is 0 Å². The standard InChI is InChI=1S/C16H23ClN4/c1-3-4-8-19-16(18-2)20-9-7-12-11-21-15-6-5-13(17)10-14(12)15/h5-6,10-11,21H,3-4,7-9H2,1-2H3,(H2,18,19,20). The van der Waals surface area contributed by atoms with Gasteiger partial charge in [0.1, 0.15) is 0 Å². The van der Waals surface area contributed by atoms with Gasteiger partial charge >= 0.3 is 0 Å². The van der Waals surface area contributed by atoms with Crippen molar-refractivity contribution >= 4 is 28.5 Å². The van der Waals surface area contributed by atoms with Gasteiger partial charge in [0.05, 0.1) is 0 Å². The maximum Gasteiger partial charge on any atom is 0.190 e. The molecule has 0 amide bonds. The molecule has 0 spiro atoms. The van der Waals surface area contributed by atoms with Crippen molar-refractivity contribution < 1.29 is 0 Å². The van der Waals surface area contributed by atoms with Gasteiger partial charge in [0.15, 0.2) is 5.96 Å². The zero-order valence-corrected chi connectivity index (χ0v) is 13.4. The van der Waals surface area contributed by atoms with E-state index in [1.165, 1.54) is 17.4 Å². The molecule has 0 aliphatic heterocycles. The fraction of sp³-hybridized carbons (Fsp3) is 0.438. The maximum atomic E-state index is 6.07. The number of halogens is 1. The van der Waals surface area contributed by atoms with Crippen molar-refractivity contribution in [2.24, 2.45) is 4.99 Å². The van der Waals surface area contributed by atoms with Crippen LogP contribution < -0.4 is 10.6 Å². The van der Waals surface area contributed by atoms with Gasteiger partial charge < -0.3 is 15.6 Å². The summed E-state index contributed by atoms with van der Waals surface area (Å²) in [5.74, 6) is 0.862. The summed E-state index contributed by atoms with van der Waals surface area (Å²) in [6.07, 6.45) is 5.31. The van der Waals surface area contributed by atoms with E-state index in [0.29, 0.717) is 0 Å². The van der Waals surface area contributed by atoms with E-state index >= 15 is 0 Å². The van der Waals surface area contributed by atoms with Crippen molar-refractivity contribution in [3.63, 3.8) is 0 Å². The molecular formula is C16H23ClN4. The summed E-state index contributed by atoms with van der Waals surface area (Å²) in [5.41, 5.74) is 2.39. The smallest absolute Gasteiger partial charge is 0.190 e. The fourth-order valence-electron chi connectivity index (χ4n) is 2.28. The van der Waals surface area contributed by atoms with Crippen LogP contribution in [0.25, 0.3) is 10.9 Å². The number of hydrogen-bond acceptors (Lipinski definition) is 1. The zero-order chi connectivity index (χ0) is 15.1. The molecule has 21 heavy (non-hydrogen) atoms. The molecule has 0 bridgehead atoms. The van der Waals surface area contributed by atoms with Crippen molar-refractivity contribution in [2.45, 2.75) is 26.2 Å². The Labute approximate surface area is 131 Å². The minimum Gasteiger partial charge on any atom is -0.361 e. The van der Waals surface area contributed by atoms with Crippen LogP contribution in [-0.4, -0.2) is 31.1 Å². The Balaban J connectivity index is 1.88. The van der Waals surface area contributed by atoms with Crippen LogP contribution in [0.15, 0.2) is 29.4 Å². The molecule has 0 saturated heterocycles. The van der Waals surface area contributed by atoms with Crippen LogP contribution in [0.5, 0.6) is 0 Å². The van der Waals surface area contributed by atoms with E-state index in [1.807, 2.05) is 18.2 Å². The summed E-state index contributed by atoms with van der Waals surface area (Å²) in [5, 5.41) is 8.61. The minimum atomic E-state index is 0.772. The number of H-pyrrole nitrogens is 1. The highest BCUT2D eigenvalue weighted by Crippen LogP contribution is 2.22. The Morgan fingerprint density at radius 3 is 2.86 bits per heavy atom. The maximum absolute atomic E-state index is 6.07. The summed E-state index contributed by atoms with van der Waals surface area (Å²) >= 11 is 6.07. The van der Waals surface area contributed by atoms with Crippen molar-refractivity contribution in [3.05, 3.63) is 35.0 Å². The number of fused-ring (bicyclic) bond motifs is 1. The lowest BCUT2D eigenvalue weighted by Gasteiger charge is -2.11. The van der Waals surface area contributed by atoms with Crippen LogP contribution >= 0.6 is 11.6 Å². The molecule has 0 saturated carbocycles. The van der Waals surface area contributed by atoms with Crippen molar-refractivity contribution in [3.8, 4) is 0 Å². The van der Waals surface area contributed by atoms with Crippen LogP contribution in [0.4, 0.5) is 0 Å². The highest BCUT2D eigenvalue weighted by atomic mass is 35.5. The quantitative estimate of drug-likeness (QED) is 0.435. The lowest BCUT2D eigenvalue weighted by Crippen LogP contribution is -2.38. The molecule has 1 aromatic carbocycles. The van der Waals surface area contributed by atoms with E-state index in [9.17, 15) is 0 Å². The topological polar surface area (TPSA) is 52.2 Å². The molecule has 2 rings (SSSR count). The summed E-state index contributed by atoms with van der Waals surface area (Å²) < 4.78 is 0. The lowest BCUT2D eigenvalue weighted by molar-refractivity contribution is 0.727. The van der Waals surface area contributed by atoms with Crippen LogP contribution in [0, 0.1) is 0 Å². The highest BCUT2D eigenvalue weighted by Gasteiger charge is 2.04. The number of aliphatic imine (C=N–C) groups is 1. The van der Waals surface area contributed by atoms with Gasteiger partial charge in [-0.1, -0.05) is 24.9 Å². The first-order valence-electron chi connectivity index (χ1n) is 7.44. The predicted octanol–water partition coefficient (Wildman–Crippen LogP) is 3.33. The number of guanidine groups is 1. The molecule has 4 nitrogen and oxygen atoms in total. The number of aromatic amines is 1. The Kier molecular flexibility index (Phi) is 5.93. The first-order chi connectivity index (χ1) is 10.2. The number of nitrogens with zero attached hydrogens (tertiary/aromatic N) is 1. The normalized spacial score (nSPS) is 11.9. The second-order valence-electron chi connectivity index (χ2n) is 5.03. The predicted molar refractivity (Wildman–Crippen MR) is 91.3 cm³/mol. The molecule has 1 heterocycles. The van der Waals surface area contributed by atoms with Crippen LogP contribution in [0.1, 0.15) is 25.3 Å². The van der Waals surface area contributed by atoms with E-state index in [4.69, 9.17) is 11.6 Å². The number of hydrogen-bond donors (Lipinski definition) is 3. The van der Waals surface area contributed by atoms with Gasteiger partial charge in [0.2, 0.25) is 0 Å². The van der Waals surface area contributed by atoms with Crippen LogP contribution in [-0.2, 0) is 6.42 Å². The second-order valence-corrected chi connectivity index (χ2v) is 5.47. The molecule has 2 aromatic rings. The fourth-order valence-corrected chi connectivity index (χ4v) is 2.45. The SMILES string of the molecule is CCCCNC(=NC)NCCc1c[nH]c2ccc(Cl)cc12. The lowest BCUT2D eigenvalue weighted by atomic mass is 10.1. The number of nitrogens with one attached hydrogen (secondary N) is 3. The number of unbranched alkanes of at least 4 members (excludes halogenated alkanes) is 1. The van der Waals surface area contributed by atoms with E-state index < -0.39 is 0 Å². The van der Waals surface area contributed by atoms with Gasteiger partial charge in [-0.3, -0.25) is 4.99 Å². The largest absolute Gasteiger partial charge is 0.361 e. The van der Waals surface area contributed by atoms with Gasteiger partial charge in [-0.25, -0.2) is 0 Å². The molecule has 0 unspecified atom stereocenters. The average molecular weight is 307 g/mol. The first kappa shape index (κ1) is 15.7.